The number of rotatable bonds is 2. The number of nitrogens with one attached hydrogen (secondary N) is 2. The molecule has 4 bridgehead atoms. The first-order valence-electron chi connectivity index (χ1n) is 15.3. The molecule has 4 aromatic rings. The number of aryl methyl sites for hydroxylation is 3. The Hall–Kier alpha value is -3.92. The zero-order chi connectivity index (χ0) is 29.0. The molecule has 1 saturated heterocycles. The molecule has 1 aromatic carbocycles. The standard InChI is InChI=1S/C32H40N8O2/c1-5-24-17-39(11-10-33-24)25-8-9-26-28(15-25)40-16-21-6-7-22(13-21)18-42-31-29(20(3)37-38(31)4)27-14-23(12-19(2)34-27)30(41)36-32(40)35-26/h8-9,12,14-15,21-22,24,33H,5-7,10-11,13,16-18H2,1-4H3,(H,35,36,41)/t21-,22+,24-/m1/s1. The minimum atomic E-state index is -0.199. The Balaban J connectivity index is 1.31. The molecule has 3 aromatic heterocycles. The normalized spacial score (nSPS) is 22.6. The number of benzene rings is 1. The van der Waals surface area contributed by atoms with Gasteiger partial charge in [0.05, 0.1) is 34.6 Å². The monoisotopic (exact) mass is 568 g/mol. The zero-order valence-corrected chi connectivity index (χ0v) is 25.0. The zero-order valence-electron chi connectivity index (χ0n) is 25.0. The first kappa shape index (κ1) is 26.9. The van der Waals surface area contributed by atoms with Crippen molar-refractivity contribution in [1.82, 2.24) is 29.6 Å². The van der Waals surface area contributed by atoms with Gasteiger partial charge >= 0.3 is 0 Å². The quantitative estimate of drug-likeness (QED) is 0.362. The maximum atomic E-state index is 13.8. The smallest absolute Gasteiger partial charge is 0.258 e. The van der Waals surface area contributed by atoms with E-state index in [1.54, 1.807) is 4.68 Å². The van der Waals surface area contributed by atoms with E-state index in [2.05, 4.69) is 50.3 Å². The maximum absolute atomic E-state index is 13.8. The number of hydrogen-bond donors (Lipinski definition) is 2. The van der Waals surface area contributed by atoms with Crippen LogP contribution < -0.4 is 20.3 Å². The Labute approximate surface area is 246 Å². The number of imidazole rings is 1. The molecule has 2 N–H and O–H groups in total. The van der Waals surface area contributed by atoms with Gasteiger partial charge in [-0.2, -0.15) is 5.10 Å². The van der Waals surface area contributed by atoms with Gasteiger partial charge in [0.15, 0.2) is 0 Å². The summed E-state index contributed by atoms with van der Waals surface area (Å²) in [6.07, 6.45) is 4.41. The van der Waals surface area contributed by atoms with Gasteiger partial charge < -0.3 is 19.5 Å². The Morgan fingerprint density at radius 3 is 2.79 bits per heavy atom. The van der Waals surface area contributed by atoms with E-state index in [0.717, 1.165) is 79.8 Å². The lowest BCUT2D eigenvalue weighted by Crippen LogP contribution is -2.50. The second-order valence-corrected chi connectivity index (χ2v) is 12.3. The number of amides is 1. The summed E-state index contributed by atoms with van der Waals surface area (Å²) in [5.74, 6) is 2.04. The van der Waals surface area contributed by atoms with Gasteiger partial charge in [0.25, 0.3) is 5.91 Å². The summed E-state index contributed by atoms with van der Waals surface area (Å²) in [6, 6.07) is 10.7. The van der Waals surface area contributed by atoms with Gasteiger partial charge in [-0.25, -0.2) is 9.67 Å². The van der Waals surface area contributed by atoms with Crippen molar-refractivity contribution >= 4 is 28.6 Å². The summed E-state index contributed by atoms with van der Waals surface area (Å²) in [5, 5.41) is 11.4. The Bertz CT molecular complexity index is 1660. The van der Waals surface area contributed by atoms with Crippen LogP contribution in [0.3, 0.4) is 0 Å². The molecule has 10 nitrogen and oxygen atoms in total. The molecule has 2 fully saturated rings. The lowest BCUT2D eigenvalue weighted by molar-refractivity contribution is 0.102. The van der Waals surface area contributed by atoms with Crippen LogP contribution in [0.1, 0.15) is 54.4 Å². The SMILES string of the molecule is CC[C@@H]1CN(c2ccc3nc4n(c3c2)C[C@@H]2CC[C@H](COc3c(c(C)nn3C)-c3cc(cc(C)n3)C(=O)N4)C2)CCN1. The predicted molar refractivity (Wildman–Crippen MR) is 164 cm³/mol. The van der Waals surface area contributed by atoms with Gasteiger partial charge in [-0.05, 0) is 81.7 Å². The highest BCUT2D eigenvalue weighted by Gasteiger charge is 2.30. The third-order valence-corrected chi connectivity index (χ3v) is 9.26. The summed E-state index contributed by atoms with van der Waals surface area (Å²) in [7, 11) is 1.90. The highest BCUT2D eigenvalue weighted by atomic mass is 16.5. The molecule has 220 valence electrons. The molecule has 1 saturated carbocycles. The van der Waals surface area contributed by atoms with Gasteiger partial charge in [0, 0.05) is 56.2 Å². The molecule has 0 unspecified atom stereocenters. The van der Waals surface area contributed by atoms with E-state index in [1.807, 2.05) is 33.0 Å². The van der Waals surface area contributed by atoms with Crippen LogP contribution in [0.25, 0.3) is 22.3 Å². The number of nitrogens with zero attached hydrogens (tertiary/aromatic N) is 6. The second-order valence-electron chi connectivity index (χ2n) is 12.3. The summed E-state index contributed by atoms with van der Waals surface area (Å²) < 4.78 is 10.5. The number of carbonyl (C=O) groups is 1. The summed E-state index contributed by atoms with van der Waals surface area (Å²) in [4.78, 5) is 26.0. The molecule has 1 amide bonds. The average Bonchev–Trinajstić information content (AvgIpc) is 3.65. The molecule has 7 rings (SSSR count). The second kappa shape index (κ2) is 10.7. The van der Waals surface area contributed by atoms with Crippen LogP contribution in [0.5, 0.6) is 5.88 Å². The minimum absolute atomic E-state index is 0.199. The van der Waals surface area contributed by atoms with E-state index in [9.17, 15) is 4.79 Å². The number of aromatic nitrogens is 5. The van der Waals surface area contributed by atoms with E-state index >= 15 is 0 Å². The average molecular weight is 569 g/mol. The molecule has 3 aliphatic rings. The van der Waals surface area contributed by atoms with Crippen LogP contribution in [0.2, 0.25) is 0 Å². The van der Waals surface area contributed by atoms with Crippen molar-refractivity contribution in [3.63, 3.8) is 0 Å². The predicted octanol–water partition coefficient (Wildman–Crippen LogP) is 4.70. The highest BCUT2D eigenvalue weighted by Crippen LogP contribution is 2.38. The molecule has 0 radical (unpaired) electrons. The molecular weight excluding hydrogens is 528 g/mol. The molecule has 5 heterocycles. The van der Waals surface area contributed by atoms with Crippen molar-refractivity contribution in [2.45, 2.75) is 59.0 Å². The number of ether oxygens (including phenoxy) is 1. The fourth-order valence-corrected chi connectivity index (χ4v) is 7.07. The largest absolute Gasteiger partial charge is 0.477 e. The molecule has 42 heavy (non-hydrogen) atoms. The van der Waals surface area contributed by atoms with E-state index < -0.39 is 0 Å². The molecule has 3 atom stereocenters. The van der Waals surface area contributed by atoms with Crippen molar-refractivity contribution < 1.29 is 9.53 Å². The first-order chi connectivity index (χ1) is 20.4. The van der Waals surface area contributed by atoms with Crippen molar-refractivity contribution in [2.24, 2.45) is 18.9 Å². The van der Waals surface area contributed by atoms with Crippen LogP contribution in [0.4, 0.5) is 11.6 Å². The molecule has 0 spiro atoms. The maximum Gasteiger partial charge on any atom is 0.258 e. The Morgan fingerprint density at radius 1 is 1.07 bits per heavy atom. The fraction of sp³-hybridized carbons (Fsp3) is 0.500. The van der Waals surface area contributed by atoms with Crippen molar-refractivity contribution in [2.75, 3.05) is 36.5 Å². The van der Waals surface area contributed by atoms with Crippen LogP contribution in [0, 0.1) is 25.7 Å². The van der Waals surface area contributed by atoms with Gasteiger partial charge in [0.2, 0.25) is 11.8 Å². The topological polar surface area (TPSA) is 102 Å². The van der Waals surface area contributed by atoms with Crippen molar-refractivity contribution in [3.05, 3.63) is 47.3 Å². The van der Waals surface area contributed by atoms with E-state index in [0.29, 0.717) is 47.6 Å². The number of pyridine rings is 1. The van der Waals surface area contributed by atoms with Crippen LogP contribution in [-0.2, 0) is 13.6 Å². The van der Waals surface area contributed by atoms with Gasteiger partial charge in [-0.3, -0.25) is 15.1 Å². The highest BCUT2D eigenvalue weighted by molar-refractivity contribution is 6.05. The first-order valence-corrected chi connectivity index (χ1v) is 15.3. The van der Waals surface area contributed by atoms with Gasteiger partial charge in [-0.15, -0.1) is 0 Å². The fourth-order valence-electron chi connectivity index (χ4n) is 7.07. The number of piperazine rings is 1. The number of carbonyl (C=O) groups excluding carboxylic acids is 1. The van der Waals surface area contributed by atoms with E-state index in [-0.39, 0.29) is 5.91 Å². The van der Waals surface area contributed by atoms with Gasteiger partial charge in [-0.1, -0.05) is 6.92 Å². The summed E-state index contributed by atoms with van der Waals surface area (Å²) >= 11 is 0. The van der Waals surface area contributed by atoms with Crippen molar-refractivity contribution in [1.29, 1.82) is 0 Å². The van der Waals surface area contributed by atoms with Crippen LogP contribution in [-0.4, -0.2) is 62.5 Å². The van der Waals surface area contributed by atoms with Crippen LogP contribution in [0.15, 0.2) is 30.3 Å². The van der Waals surface area contributed by atoms with Gasteiger partial charge in [0.1, 0.15) is 0 Å². The summed E-state index contributed by atoms with van der Waals surface area (Å²) in [5.41, 5.74) is 6.84. The van der Waals surface area contributed by atoms with E-state index in [4.69, 9.17) is 14.7 Å². The Morgan fingerprint density at radius 2 is 1.93 bits per heavy atom. The lowest BCUT2D eigenvalue weighted by atomic mass is 10.1. The molecular formula is C32H40N8O2. The van der Waals surface area contributed by atoms with Crippen LogP contribution >= 0.6 is 0 Å². The number of fused-ring (bicyclic) bond motifs is 9. The molecule has 1 aliphatic carbocycles. The van der Waals surface area contributed by atoms with E-state index in [1.165, 1.54) is 5.69 Å². The Kier molecular flexibility index (Phi) is 6.88. The third-order valence-electron chi connectivity index (χ3n) is 9.26. The minimum Gasteiger partial charge on any atom is -0.477 e. The third kappa shape index (κ3) is 4.91. The number of hydrogen-bond acceptors (Lipinski definition) is 7. The number of anilines is 2. The van der Waals surface area contributed by atoms with Crippen molar-refractivity contribution in [3.8, 4) is 17.1 Å². The molecule has 2 aliphatic heterocycles. The lowest BCUT2D eigenvalue weighted by Gasteiger charge is -2.35. The summed E-state index contributed by atoms with van der Waals surface area (Å²) in [6.45, 7) is 10.5. The molecule has 10 heteroatoms.